The average Bonchev–Trinajstić information content (AvgIpc) is 2.78. The number of hydrogen-bond acceptors (Lipinski definition) is 4. The number of ether oxygens (including phenoxy) is 1. The Morgan fingerprint density at radius 3 is 2.55 bits per heavy atom. The lowest BCUT2D eigenvalue weighted by atomic mass is 10.2. The molecule has 0 heterocycles. The van der Waals surface area contributed by atoms with Crippen LogP contribution in [0.3, 0.4) is 0 Å². The van der Waals surface area contributed by atoms with Gasteiger partial charge in [-0.2, -0.15) is 0 Å². The summed E-state index contributed by atoms with van der Waals surface area (Å²) in [7, 11) is -2.34. The molecule has 1 N–H and O–H groups in total. The second kappa shape index (κ2) is 9.49. The Labute approximate surface area is 182 Å². The number of para-hydroxylation sites is 1. The van der Waals surface area contributed by atoms with Crippen molar-refractivity contribution in [1.82, 2.24) is 0 Å². The highest BCUT2D eigenvalue weighted by molar-refractivity contribution is 7.92. The van der Waals surface area contributed by atoms with Gasteiger partial charge >= 0.3 is 0 Å². The molecule has 0 saturated carbocycles. The SMILES string of the molecule is C=CCOc1cccc(NC(=O)c2cccc(S(=O)(=O)N(C)c3ccccc3C)c2)c1. The lowest BCUT2D eigenvalue weighted by molar-refractivity contribution is 0.102. The molecular formula is C24H24N2O4S. The minimum absolute atomic E-state index is 0.0361. The number of amides is 1. The number of hydrogen-bond donors (Lipinski definition) is 1. The third-order valence-corrected chi connectivity index (χ3v) is 6.44. The Balaban J connectivity index is 1.83. The molecule has 0 aliphatic rings. The maximum atomic E-state index is 13.1. The molecule has 0 saturated heterocycles. The molecule has 1 amide bonds. The van der Waals surface area contributed by atoms with E-state index in [-0.39, 0.29) is 10.5 Å². The van der Waals surface area contributed by atoms with Gasteiger partial charge in [0.25, 0.3) is 15.9 Å². The van der Waals surface area contributed by atoms with Crippen molar-refractivity contribution in [3.05, 3.63) is 96.6 Å². The smallest absolute Gasteiger partial charge is 0.264 e. The van der Waals surface area contributed by atoms with E-state index in [1.165, 1.54) is 23.5 Å². The summed E-state index contributed by atoms with van der Waals surface area (Å²) in [5.74, 6) is 0.172. The van der Waals surface area contributed by atoms with Crippen molar-refractivity contribution in [3.8, 4) is 5.75 Å². The molecule has 3 rings (SSSR count). The van der Waals surface area contributed by atoms with E-state index in [4.69, 9.17) is 4.74 Å². The number of sulfonamides is 1. The first-order valence-corrected chi connectivity index (χ1v) is 11.1. The lowest BCUT2D eigenvalue weighted by Crippen LogP contribution is -2.27. The van der Waals surface area contributed by atoms with Crippen LogP contribution >= 0.6 is 0 Å². The van der Waals surface area contributed by atoms with Gasteiger partial charge in [0.1, 0.15) is 12.4 Å². The van der Waals surface area contributed by atoms with E-state index in [0.717, 1.165) is 5.56 Å². The molecule has 160 valence electrons. The van der Waals surface area contributed by atoms with E-state index in [1.54, 1.807) is 54.6 Å². The predicted octanol–water partition coefficient (Wildman–Crippen LogP) is 4.64. The van der Waals surface area contributed by atoms with Crippen molar-refractivity contribution in [3.63, 3.8) is 0 Å². The molecule has 0 unspecified atom stereocenters. The van der Waals surface area contributed by atoms with Gasteiger partial charge in [0.05, 0.1) is 10.6 Å². The van der Waals surface area contributed by atoms with Crippen LogP contribution in [-0.4, -0.2) is 28.0 Å². The van der Waals surface area contributed by atoms with Gasteiger partial charge in [0.2, 0.25) is 0 Å². The molecule has 0 radical (unpaired) electrons. The summed E-state index contributed by atoms with van der Waals surface area (Å²) in [6.45, 7) is 5.80. The van der Waals surface area contributed by atoms with E-state index in [0.29, 0.717) is 23.7 Å². The number of nitrogens with one attached hydrogen (secondary N) is 1. The molecule has 0 bridgehead atoms. The Kier molecular flexibility index (Phi) is 6.77. The Bertz CT molecular complexity index is 1210. The normalized spacial score (nSPS) is 10.9. The number of rotatable bonds is 8. The van der Waals surface area contributed by atoms with E-state index in [2.05, 4.69) is 11.9 Å². The molecule has 0 aliphatic heterocycles. The van der Waals surface area contributed by atoms with Crippen molar-refractivity contribution in [2.45, 2.75) is 11.8 Å². The number of nitrogens with zero attached hydrogens (tertiary/aromatic N) is 1. The average molecular weight is 437 g/mol. The fourth-order valence-corrected chi connectivity index (χ4v) is 4.33. The van der Waals surface area contributed by atoms with Crippen molar-refractivity contribution < 1.29 is 17.9 Å². The largest absolute Gasteiger partial charge is 0.489 e. The van der Waals surface area contributed by atoms with E-state index < -0.39 is 15.9 Å². The summed E-state index contributed by atoms with van der Waals surface area (Å²) in [4.78, 5) is 12.8. The van der Waals surface area contributed by atoms with Crippen LogP contribution in [0.2, 0.25) is 0 Å². The molecular weight excluding hydrogens is 412 g/mol. The van der Waals surface area contributed by atoms with E-state index in [9.17, 15) is 13.2 Å². The zero-order valence-corrected chi connectivity index (χ0v) is 18.2. The van der Waals surface area contributed by atoms with E-state index >= 15 is 0 Å². The molecule has 3 aromatic carbocycles. The highest BCUT2D eigenvalue weighted by Crippen LogP contribution is 2.26. The first-order valence-electron chi connectivity index (χ1n) is 9.62. The fourth-order valence-electron chi connectivity index (χ4n) is 3.02. The number of carbonyl (C=O) groups excluding carboxylic acids is 1. The van der Waals surface area contributed by atoms with Gasteiger partial charge in [-0.05, 0) is 48.9 Å². The summed E-state index contributed by atoms with van der Waals surface area (Å²) >= 11 is 0. The summed E-state index contributed by atoms with van der Waals surface area (Å²) in [6, 6.07) is 20.1. The summed E-state index contributed by atoms with van der Waals surface area (Å²) in [6.07, 6.45) is 1.63. The number of aryl methyl sites for hydroxylation is 1. The maximum Gasteiger partial charge on any atom is 0.264 e. The summed E-state index contributed by atoms with van der Waals surface area (Å²) in [5.41, 5.74) is 2.18. The number of anilines is 2. The Morgan fingerprint density at radius 1 is 1.06 bits per heavy atom. The molecule has 0 aliphatic carbocycles. The Morgan fingerprint density at radius 2 is 1.81 bits per heavy atom. The predicted molar refractivity (Wildman–Crippen MR) is 123 cm³/mol. The van der Waals surface area contributed by atoms with Gasteiger partial charge in [0.15, 0.2) is 0 Å². The van der Waals surface area contributed by atoms with Gasteiger partial charge in [-0.15, -0.1) is 0 Å². The van der Waals surface area contributed by atoms with Crippen LogP contribution in [0.25, 0.3) is 0 Å². The van der Waals surface area contributed by atoms with Crippen molar-refractivity contribution in [2.24, 2.45) is 0 Å². The van der Waals surface area contributed by atoms with E-state index in [1.807, 2.05) is 19.1 Å². The van der Waals surface area contributed by atoms with Gasteiger partial charge in [-0.3, -0.25) is 9.10 Å². The number of benzene rings is 3. The number of carbonyl (C=O) groups is 1. The van der Waals surface area contributed by atoms with Crippen LogP contribution in [0.1, 0.15) is 15.9 Å². The molecule has 31 heavy (non-hydrogen) atoms. The van der Waals surface area contributed by atoms with Crippen molar-refractivity contribution >= 4 is 27.3 Å². The standard InChI is InChI=1S/C24H24N2O4S/c1-4-15-30-21-12-8-11-20(17-21)25-24(27)19-10-7-13-22(16-19)31(28,29)26(3)23-14-6-5-9-18(23)2/h4-14,16-17H,1,15H2,2-3H3,(H,25,27). The molecule has 3 aromatic rings. The quantitative estimate of drug-likeness (QED) is 0.522. The maximum absolute atomic E-state index is 13.1. The first kappa shape index (κ1) is 22.1. The minimum atomic E-state index is -3.84. The van der Waals surface area contributed by atoms with Crippen molar-refractivity contribution in [1.29, 1.82) is 0 Å². The van der Waals surface area contributed by atoms with Crippen LogP contribution in [-0.2, 0) is 10.0 Å². The third-order valence-electron chi connectivity index (χ3n) is 4.67. The van der Waals surface area contributed by atoms with Gasteiger partial charge in [-0.25, -0.2) is 8.42 Å². The zero-order valence-electron chi connectivity index (χ0n) is 17.4. The zero-order chi connectivity index (χ0) is 22.4. The highest BCUT2D eigenvalue weighted by Gasteiger charge is 2.23. The third kappa shape index (κ3) is 5.13. The Hall–Kier alpha value is -3.58. The molecule has 6 nitrogen and oxygen atoms in total. The van der Waals surface area contributed by atoms with Crippen LogP contribution < -0.4 is 14.4 Å². The fraction of sp³-hybridized carbons (Fsp3) is 0.125. The van der Waals surface area contributed by atoms with Crippen LogP contribution in [0.4, 0.5) is 11.4 Å². The lowest BCUT2D eigenvalue weighted by Gasteiger charge is -2.21. The second-order valence-electron chi connectivity index (χ2n) is 6.87. The summed E-state index contributed by atoms with van der Waals surface area (Å²) in [5, 5.41) is 2.77. The monoisotopic (exact) mass is 436 g/mol. The van der Waals surface area contributed by atoms with Gasteiger partial charge < -0.3 is 10.1 Å². The molecule has 0 aromatic heterocycles. The second-order valence-corrected chi connectivity index (χ2v) is 8.84. The summed E-state index contributed by atoms with van der Waals surface area (Å²) < 4.78 is 33.0. The molecule has 7 heteroatoms. The van der Waals surface area contributed by atoms with Gasteiger partial charge in [-0.1, -0.05) is 43.0 Å². The molecule has 0 fully saturated rings. The van der Waals surface area contributed by atoms with Crippen molar-refractivity contribution in [2.75, 3.05) is 23.3 Å². The van der Waals surface area contributed by atoms with Crippen LogP contribution in [0, 0.1) is 6.92 Å². The molecule has 0 atom stereocenters. The minimum Gasteiger partial charge on any atom is -0.489 e. The highest BCUT2D eigenvalue weighted by atomic mass is 32.2. The van der Waals surface area contributed by atoms with Gasteiger partial charge in [0, 0.05) is 24.4 Å². The topological polar surface area (TPSA) is 75.7 Å². The van der Waals surface area contributed by atoms with Crippen LogP contribution in [0.5, 0.6) is 5.75 Å². The van der Waals surface area contributed by atoms with Crippen LogP contribution in [0.15, 0.2) is 90.3 Å². The molecule has 0 spiro atoms. The first-order chi connectivity index (χ1) is 14.8.